The summed E-state index contributed by atoms with van der Waals surface area (Å²) in [5, 5.41) is 2.28. The highest BCUT2D eigenvalue weighted by atomic mass is 16.5. The fourth-order valence-corrected chi connectivity index (χ4v) is 3.12. The highest BCUT2D eigenvalue weighted by molar-refractivity contribution is 5.88. The molecule has 4 nitrogen and oxygen atoms in total. The van der Waals surface area contributed by atoms with Crippen LogP contribution >= 0.6 is 0 Å². The number of hydrogen-bond acceptors (Lipinski definition) is 3. The fourth-order valence-electron chi connectivity index (χ4n) is 3.12. The Labute approximate surface area is 137 Å². The summed E-state index contributed by atoms with van der Waals surface area (Å²) >= 11 is 0. The number of hydrogen-bond donors (Lipinski definition) is 1. The van der Waals surface area contributed by atoms with E-state index >= 15 is 0 Å². The Morgan fingerprint density at radius 1 is 1.22 bits per heavy atom. The van der Waals surface area contributed by atoms with Crippen LogP contribution in [0.2, 0.25) is 0 Å². The number of benzene rings is 2. The first-order valence-electron chi connectivity index (χ1n) is 8.38. The number of piperidine rings is 1. The van der Waals surface area contributed by atoms with Crippen molar-refractivity contribution in [1.29, 1.82) is 0 Å². The normalized spacial score (nSPS) is 18.1. The molecule has 1 aliphatic heterocycles. The quantitative estimate of drug-likeness (QED) is 0.864. The second-order valence-electron chi connectivity index (χ2n) is 6.17. The third-order valence-corrected chi connectivity index (χ3v) is 4.35. The summed E-state index contributed by atoms with van der Waals surface area (Å²) in [6.45, 7) is 2.10. The van der Waals surface area contributed by atoms with Gasteiger partial charge in [-0.3, -0.25) is 4.79 Å². The molecule has 1 aliphatic rings. The van der Waals surface area contributed by atoms with Crippen LogP contribution in [-0.4, -0.2) is 36.5 Å². The number of amides is 1. The molecule has 2 aromatic carbocycles. The molecular formula is C19H24N2O2. The van der Waals surface area contributed by atoms with Crippen molar-refractivity contribution in [3.63, 3.8) is 0 Å². The van der Waals surface area contributed by atoms with Gasteiger partial charge in [-0.15, -0.1) is 0 Å². The standard InChI is InChI=1S/C19H24N2O2/c20-16-8-4-12-21(14-16)19(22)11-5-13-23-18-10-3-7-15-6-1-2-9-17(15)18/h1-3,6-7,9-10,16H,4-5,8,11-14,20H2. The zero-order valence-corrected chi connectivity index (χ0v) is 13.4. The summed E-state index contributed by atoms with van der Waals surface area (Å²) in [6, 6.07) is 14.4. The number of likely N-dealkylation sites (tertiary alicyclic amines) is 1. The van der Waals surface area contributed by atoms with E-state index in [9.17, 15) is 4.79 Å². The van der Waals surface area contributed by atoms with Gasteiger partial charge in [-0.05, 0) is 30.7 Å². The number of fused-ring (bicyclic) bond motifs is 1. The molecule has 1 saturated heterocycles. The molecule has 0 aliphatic carbocycles. The number of carbonyl (C=O) groups is 1. The van der Waals surface area contributed by atoms with Gasteiger partial charge in [0, 0.05) is 30.9 Å². The maximum atomic E-state index is 12.2. The van der Waals surface area contributed by atoms with Gasteiger partial charge >= 0.3 is 0 Å². The van der Waals surface area contributed by atoms with Gasteiger partial charge in [-0.25, -0.2) is 0 Å². The fraction of sp³-hybridized carbons (Fsp3) is 0.421. The van der Waals surface area contributed by atoms with Gasteiger partial charge in [0.25, 0.3) is 0 Å². The van der Waals surface area contributed by atoms with Gasteiger partial charge < -0.3 is 15.4 Å². The largest absolute Gasteiger partial charge is 0.493 e. The second-order valence-corrected chi connectivity index (χ2v) is 6.17. The molecule has 0 aromatic heterocycles. The van der Waals surface area contributed by atoms with E-state index in [1.165, 1.54) is 5.39 Å². The molecule has 3 rings (SSSR count). The predicted molar refractivity (Wildman–Crippen MR) is 92.5 cm³/mol. The Morgan fingerprint density at radius 3 is 2.91 bits per heavy atom. The summed E-state index contributed by atoms with van der Waals surface area (Å²) in [4.78, 5) is 14.1. The lowest BCUT2D eigenvalue weighted by molar-refractivity contribution is -0.132. The Morgan fingerprint density at radius 2 is 2.04 bits per heavy atom. The van der Waals surface area contributed by atoms with E-state index in [2.05, 4.69) is 18.2 Å². The van der Waals surface area contributed by atoms with Crippen LogP contribution in [0, 0.1) is 0 Å². The van der Waals surface area contributed by atoms with Crippen LogP contribution in [0.1, 0.15) is 25.7 Å². The molecule has 1 unspecified atom stereocenters. The maximum absolute atomic E-state index is 12.2. The summed E-state index contributed by atoms with van der Waals surface area (Å²) in [5.74, 6) is 1.08. The van der Waals surface area contributed by atoms with Crippen LogP contribution in [0.3, 0.4) is 0 Å². The minimum Gasteiger partial charge on any atom is -0.493 e. The van der Waals surface area contributed by atoms with E-state index in [4.69, 9.17) is 10.5 Å². The average Bonchev–Trinajstić information content (AvgIpc) is 2.58. The van der Waals surface area contributed by atoms with Crippen molar-refractivity contribution in [1.82, 2.24) is 4.90 Å². The molecule has 2 N–H and O–H groups in total. The van der Waals surface area contributed by atoms with E-state index < -0.39 is 0 Å². The maximum Gasteiger partial charge on any atom is 0.222 e. The number of ether oxygens (including phenoxy) is 1. The molecule has 4 heteroatoms. The monoisotopic (exact) mass is 312 g/mol. The first-order chi connectivity index (χ1) is 11.2. The summed E-state index contributed by atoms with van der Waals surface area (Å²) < 4.78 is 5.88. The number of rotatable bonds is 5. The van der Waals surface area contributed by atoms with Crippen molar-refractivity contribution < 1.29 is 9.53 Å². The first-order valence-corrected chi connectivity index (χ1v) is 8.38. The Balaban J connectivity index is 1.48. The van der Waals surface area contributed by atoms with Crippen LogP contribution in [0.4, 0.5) is 0 Å². The average molecular weight is 312 g/mol. The van der Waals surface area contributed by atoms with Crippen molar-refractivity contribution in [3.8, 4) is 5.75 Å². The van der Waals surface area contributed by atoms with Crippen LogP contribution in [0.5, 0.6) is 5.75 Å². The van der Waals surface area contributed by atoms with Gasteiger partial charge in [0.15, 0.2) is 0 Å². The van der Waals surface area contributed by atoms with Gasteiger partial charge in [0.05, 0.1) is 6.61 Å². The number of carbonyl (C=O) groups excluding carboxylic acids is 1. The molecular weight excluding hydrogens is 288 g/mol. The zero-order valence-electron chi connectivity index (χ0n) is 13.4. The van der Waals surface area contributed by atoms with Crippen LogP contribution in [0.25, 0.3) is 10.8 Å². The number of nitrogens with two attached hydrogens (primary N) is 1. The zero-order chi connectivity index (χ0) is 16.1. The van der Waals surface area contributed by atoms with E-state index in [0.29, 0.717) is 19.6 Å². The van der Waals surface area contributed by atoms with Gasteiger partial charge in [0.1, 0.15) is 5.75 Å². The molecule has 1 fully saturated rings. The molecule has 0 spiro atoms. The van der Waals surface area contributed by atoms with Crippen LogP contribution in [0.15, 0.2) is 42.5 Å². The van der Waals surface area contributed by atoms with Crippen molar-refractivity contribution in [2.75, 3.05) is 19.7 Å². The highest BCUT2D eigenvalue weighted by Crippen LogP contribution is 2.25. The lowest BCUT2D eigenvalue weighted by atomic mass is 10.1. The predicted octanol–water partition coefficient (Wildman–Crippen LogP) is 2.95. The van der Waals surface area contributed by atoms with Crippen molar-refractivity contribution in [3.05, 3.63) is 42.5 Å². The van der Waals surface area contributed by atoms with E-state index in [1.54, 1.807) is 0 Å². The van der Waals surface area contributed by atoms with E-state index in [1.807, 2.05) is 29.2 Å². The lowest BCUT2D eigenvalue weighted by Gasteiger charge is -2.30. The smallest absolute Gasteiger partial charge is 0.222 e. The molecule has 0 saturated carbocycles. The molecule has 1 amide bonds. The summed E-state index contributed by atoms with van der Waals surface area (Å²) in [6.07, 6.45) is 3.29. The molecule has 23 heavy (non-hydrogen) atoms. The Bertz CT molecular complexity index is 666. The first kappa shape index (κ1) is 15.8. The minimum absolute atomic E-state index is 0.139. The molecule has 2 aromatic rings. The minimum atomic E-state index is 0.139. The SMILES string of the molecule is NC1CCCN(C(=O)CCCOc2cccc3ccccc23)C1. The van der Waals surface area contributed by atoms with E-state index in [0.717, 1.165) is 36.9 Å². The van der Waals surface area contributed by atoms with E-state index in [-0.39, 0.29) is 11.9 Å². The molecule has 0 radical (unpaired) electrons. The van der Waals surface area contributed by atoms with Crippen molar-refractivity contribution in [2.45, 2.75) is 31.7 Å². The molecule has 122 valence electrons. The molecule has 0 bridgehead atoms. The Kier molecular flexibility index (Phi) is 5.13. The third-order valence-electron chi connectivity index (χ3n) is 4.35. The summed E-state index contributed by atoms with van der Waals surface area (Å²) in [7, 11) is 0. The second kappa shape index (κ2) is 7.47. The lowest BCUT2D eigenvalue weighted by Crippen LogP contribution is -2.45. The topological polar surface area (TPSA) is 55.6 Å². The molecule has 1 heterocycles. The highest BCUT2D eigenvalue weighted by Gasteiger charge is 2.20. The van der Waals surface area contributed by atoms with Crippen LogP contribution in [-0.2, 0) is 4.79 Å². The van der Waals surface area contributed by atoms with Gasteiger partial charge in [-0.1, -0.05) is 36.4 Å². The van der Waals surface area contributed by atoms with Crippen LogP contribution < -0.4 is 10.5 Å². The third kappa shape index (κ3) is 4.02. The Hall–Kier alpha value is -2.07. The number of nitrogens with zero attached hydrogens (tertiary/aromatic N) is 1. The summed E-state index contributed by atoms with van der Waals surface area (Å²) in [5.41, 5.74) is 5.93. The molecule has 1 atom stereocenters. The van der Waals surface area contributed by atoms with Crippen molar-refractivity contribution in [2.24, 2.45) is 5.73 Å². The van der Waals surface area contributed by atoms with Crippen molar-refractivity contribution >= 4 is 16.7 Å². The van der Waals surface area contributed by atoms with Gasteiger partial charge in [-0.2, -0.15) is 0 Å². The van der Waals surface area contributed by atoms with Gasteiger partial charge in [0.2, 0.25) is 5.91 Å².